The maximum absolute atomic E-state index is 12.7. The summed E-state index contributed by atoms with van der Waals surface area (Å²) in [5.74, 6) is 0.130. The number of rotatable bonds is 4. The van der Waals surface area contributed by atoms with Gasteiger partial charge in [0.05, 0.1) is 10.0 Å². The molecule has 0 aliphatic heterocycles. The molecule has 0 radical (unpaired) electrons. The van der Waals surface area contributed by atoms with Gasteiger partial charge in [-0.15, -0.1) is 11.3 Å². The Kier molecular flexibility index (Phi) is 6.90. The summed E-state index contributed by atoms with van der Waals surface area (Å²) in [6, 6.07) is 16.1. The Morgan fingerprint density at radius 2 is 1.77 bits per heavy atom. The second-order valence-corrected chi connectivity index (χ2v) is 10.6. The van der Waals surface area contributed by atoms with Crippen molar-refractivity contribution < 1.29 is 9.21 Å². The van der Waals surface area contributed by atoms with Crippen LogP contribution in [0.15, 0.2) is 59.0 Å². The summed E-state index contributed by atoms with van der Waals surface area (Å²) in [7, 11) is 0. The molecule has 5 aromatic rings. The van der Waals surface area contributed by atoms with Crippen molar-refractivity contribution in [1.82, 2.24) is 10.3 Å². The zero-order chi connectivity index (χ0) is 24.7. The molecule has 0 aliphatic carbocycles. The van der Waals surface area contributed by atoms with Crippen molar-refractivity contribution in [3.05, 3.63) is 91.0 Å². The van der Waals surface area contributed by atoms with Crippen LogP contribution in [0, 0.1) is 0 Å². The van der Waals surface area contributed by atoms with Crippen molar-refractivity contribution in [2.75, 3.05) is 5.32 Å². The number of halogens is 4. The van der Waals surface area contributed by atoms with Crippen LogP contribution in [0.5, 0.6) is 0 Å². The van der Waals surface area contributed by atoms with Gasteiger partial charge in [-0.1, -0.05) is 64.6 Å². The highest BCUT2D eigenvalue weighted by molar-refractivity contribution is 7.80. The first-order chi connectivity index (χ1) is 16.8. The number of oxazole rings is 1. The second-order valence-electron chi connectivity index (χ2n) is 7.51. The largest absolute Gasteiger partial charge is 0.439 e. The van der Waals surface area contributed by atoms with Gasteiger partial charge in [0.25, 0.3) is 5.91 Å². The average molecular weight is 581 g/mol. The van der Waals surface area contributed by atoms with E-state index in [1.165, 1.54) is 11.3 Å². The standard InChI is InChI=1S/C24H13Cl4N3O2S2/c25-12-3-6-15-18(10-12)35-22(20(15)28)23(32)31-24(34)29-14-4-1-11(2-5-14)7-19-30-17-9-13(26)8-16(27)21(17)33-19/h1-6,8-10H,7H2,(H2,29,31,32,34). The topological polar surface area (TPSA) is 67.2 Å². The number of carbonyl (C=O) groups excluding carboxylic acids is 1. The minimum atomic E-state index is -0.392. The molecule has 2 heterocycles. The van der Waals surface area contributed by atoms with E-state index in [2.05, 4.69) is 15.6 Å². The van der Waals surface area contributed by atoms with Gasteiger partial charge in [-0.05, 0) is 54.2 Å². The van der Waals surface area contributed by atoms with E-state index < -0.39 is 5.91 Å². The number of benzene rings is 3. The van der Waals surface area contributed by atoms with E-state index in [1.54, 1.807) is 30.3 Å². The molecule has 0 unspecified atom stereocenters. The molecule has 0 saturated heterocycles. The third kappa shape index (κ3) is 5.26. The molecule has 176 valence electrons. The first kappa shape index (κ1) is 24.3. The van der Waals surface area contributed by atoms with Gasteiger partial charge in [-0.2, -0.15) is 0 Å². The lowest BCUT2D eigenvalue weighted by Crippen LogP contribution is -2.33. The highest BCUT2D eigenvalue weighted by Crippen LogP contribution is 2.36. The number of thiophene rings is 1. The summed E-state index contributed by atoms with van der Waals surface area (Å²) in [6.07, 6.45) is 0.471. The maximum atomic E-state index is 12.7. The SMILES string of the molecule is O=C(NC(=S)Nc1ccc(Cc2nc3cc(Cl)cc(Cl)c3o2)cc1)c1sc2cc(Cl)ccc2c1Cl. The molecule has 11 heteroatoms. The lowest BCUT2D eigenvalue weighted by molar-refractivity contribution is 0.0982. The average Bonchev–Trinajstić information content (AvgIpc) is 3.35. The normalized spacial score (nSPS) is 11.2. The van der Waals surface area contributed by atoms with Crippen LogP contribution in [0.3, 0.4) is 0 Å². The van der Waals surface area contributed by atoms with Crippen LogP contribution in [-0.4, -0.2) is 16.0 Å². The molecule has 0 aliphatic rings. The summed E-state index contributed by atoms with van der Waals surface area (Å²) in [4.78, 5) is 17.5. The number of aromatic nitrogens is 1. The van der Waals surface area contributed by atoms with E-state index in [0.29, 0.717) is 54.1 Å². The highest BCUT2D eigenvalue weighted by Gasteiger charge is 2.18. The number of nitrogens with one attached hydrogen (secondary N) is 2. The number of amides is 1. The van der Waals surface area contributed by atoms with Gasteiger partial charge >= 0.3 is 0 Å². The first-order valence-electron chi connectivity index (χ1n) is 10.1. The fourth-order valence-corrected chi connectivity index (χ4v) is 5.89. The smallest absolute Gasteiger partial charge is 0.269 e. The zero-order valence-corrected chi connectivity index (χ0v) is 22.2. The third-order valence-corrected chi connectivity index (χ3v) is 7.64. The molecule has 0 saturated carbocycles. The molecule has 0 fully saturated rings. The molecule has 3 aromatic carbocycles. The van der Waals surface area contributed by atoms with E-state index in [4.69, 9.17) is 63.0 Å². The van der Waals surface area contributed by atoms with Gasteiger partial charge in [0, 0.05) is 32.2 Å². The van der Waals surface area contributed by atoms with Crippen molar-refractivity contribution in [1.29, 1.82) is 0 Å². The molecular formula is C24H13Cl4N3O2S2. The van der Waals surface area contributed by atoms with Crippen LogP contribution in [0.1, 0.15) is 21.1 Å². The Morgan fingerprint density at radius 1 is 1.00 bits per heavy atom. The number of nitrogens with zero attached hydrogens (tertiary/aromatic N) is 1. The summed E-state index contributed by atoms with van der Waals surface area (Å²) in [6.45, 7) is 0. The summed E-state index contributed by atoms with van der Waals surface area (Å²) in [5, 5.41) is 8.45. The Bertz CT molecular complexity index is 1610. The van der Waals surface area contributed by atoms with Crippen molar-refractivity contribution >= 4 is 108 Å². The van der Waals surface area contributed by atoms with Gasteiger partial charge < -0.3 is 9.73 Å². The van der Waals surface area contributed by atoms with Crippen LogP contribution in [-0.2, 0) is 6.42 Å². The monoisotopic (exact) mass is 579 g/mol. The fourth-order valence-electron chi connectivity index (χ4n) is 3.47. The highest BCUT2D eigenvalue weighted by atomic mass is 35.5. The molecular weight excluding hydrogens is 568 g/mol. The van der Waals surface area contributed by atoms with Crippen molar-refractivity contribution in [3.63, 3.8) is 0 Å². The molecule has 2 N–H and O–H groups in total. The van der Waals surface area contributed by atoms with Crippen LogP contribution < -0.4 is 10.6 Å². The molecule has 0 bridgehead atoms. The Labute approximate surface area is 228 Å². The number of carbonyl (C=O) groups is 1. The van der Waals surface area contributed by atoms with Crippen LogP contribution in [0.2, 0.25) is 20.1 Å². The molecule has 1 amide bonds. The third-order valence-electron chi connectivity index (χ3n) is 5.05. The maximum Gasteiger partial charge on any atom is 0.269 e. The number of anilines is 1. The molecule has 35 heavy (non-hydrogen) atoms. The van der Waals surface area contributed by atoms with Crippen molar-refractivity contribution in [3.8, 4) is 0 Å². The number of fused-ring (bicyclic) bond motifs is 2. The van der Waals surface area contributed by atoms with Gasteiger partial charge in [-0.25, -0.2) is 4.98 Å². The zero-order valence-electron chi connectivity index (χ0n) is 17.5. The second kappa shape index (κ2) is 9.93. The lowest BCUT2D eigenvalue weighted by Gasteiger charge is -2.09. The van der Waals surface area contributed by atoms with Gasteiger partial charge in [0.2, 0.25) is 0 Å². The predicted molar refractivity (Wildman–Crippen MR) is 149 cm³/mol. The van der Waals surface area contributed by atoms with Crippen LogP contribution >= 0.6 is 70.0 Å². The van der Waals surface area contributed by atoms with Crippen molar-refractivity contribution in [2.45, 2.75) is 6.42 Å². The lowest BCUT2D eigenvalue weighted by atomic mass is 10.1. The number of thiocarbonyl (C=S) groups is 1. The van der Waals surface area contributed by atoms with E-state index in [1.807, 2.05) is 24.3 Å². The van der Waals surface area contributed by atoms with E-state index in [0.717, 1.165) is 15.6 Å². The van der Waals surface area contributed by atoms with E-state index in [-0.39, 0.29) is 5.11 Å². The Balaban J connectivity index is 1.23. The molecule has 0 spiro atoms. The Morgan fingerprint density at radius 3 is 2.54 bits per heavy atom. The van der Waals surface area contributed by atoms with Crippen molar-refractivity contribution in [2.24, 2.45) is 0 Å². The minimum Gasteiger partial charge on any atom is -0.439 e. The number of hydrogen-bond donors (Lipinski definition) is 2. The van der Waals surface area contributed by atoms with Crippen LogP contribution in [0.4, 0.5) is 5.69 Å². The molecule has 0 atom stereocenters. The fraction of sp³-hybridized carbons (Fsp3) is 0.0417. The molecule has 5 rings (SSSR count). The first-order valence-corrected chi connectivity index (χ1v) is 12.8. The summed E-state index contributed by atoms with van der Waals surface area (Å²) < 4.78 is 6.60. The molecule has 2 aromatic heterocycles. The quantitative estimate of drug-likeness (QED) is 0.209. The van der Waals surface area contributed by atoms with Gasteiger partial charge in [0.1, 0.15) is 10.4 Å². The predicted octanol–water partition coefficient (Wildman–Crippen LogP) is 8.37. The van der Waals surface area contributed by atoms with Crippen LogP contribution in [0.25, 0.3) is 21.2 Å². The Hall–Kier alpha value is -2.39. The molecule has 5 nitrogen and oxygen atoms in total. The minimum absolute atomic E-state index is 0.153. The van der Waals surface area contributed by atoms with Gasteiger partial charge in [0.15, 0.2) is 16.6 Å². The van der Waals surface area contributed by atoms with E-state index in [9.17, 15) is 4.79 Å². The summed E-state index contributed by atoms with van der Waals surface area (Å²) >= 11 is 31.2. The summed E-state index contributed by atoms with van der Waals surface area (Å²) in [5.41, 5.74) is 2.79. The number of hydrogen-bond acceptors (Lipinski definition) is 5. The van der Waals surface area contributed by atoms with Gasteiger partial charge in [-0.3, -0.25) is 10.1 Å². The van der Waals surface area contributed by atoms with E-state index >= 15 is 0 Å².